The number of rotatable bonds is 6. The molecule has 0 saturated carbocycles. The Bertz CT molecular complexity index is 937. The largest absolute Gasteiger partial charge is 0.497 e. The van der Waals surface area contributed by atoms with E-state index in [1.807, 2.05) is 24.3 Å². The minimum Gasteiger partial charge on any atom is -0.497 e. The van der Waals surface area contributed by atoms with Crippen LogP contribution in [0.4, 0.5) is 0 Å². The Morgan fingerprint density at radius 2 is 1.97 bits per heavy atom. The fourth-order valence-electron chi connectivity index (χ4n) is 3.18. The minimum absolute atomic E-state index is 0.162. The molecule has 1 unspecified atom stereocenters. The van der Waals surface area contributed by atoms with Gasteiger partial charge in [-0.1, -0.05) is 0 Å². The molecule has 3 rings (SSSR count). The van der Waals surface area contributed by atoms with E-state index in [9.17, 15) is 14.4 Å². The number of nitrogens with zero attached hydrogens (tertiary/aromatic N) is 3. The molecule has 0 aliphatic carbocycles. The summed E-state index contributed by atoms with van der Waals surface area (Å²) >= 11 is 0. The number of esters is 1. The standard InChI is InChI=1S/C20H24N4O5/c1-5-29-17(25)11-21-19(27)20(2)12-24-16(18(26)23(20)3)10-15(22-24)13-6-8-14(28-4)9-7-13/h6-10H,5,11-12H2,1-4H3,(H,21,27). The smallest absolute Gasteiger partial charge is 0.325 e. The highest BCUT2D eigenvalue weighted by Gasteiger charge is 2.46. The van der Waals surface area contributed by atoms with Gasteiger partial charge < -0.3 is 19.7 Å². The van der Waals surface area contributed by atoms with Crippen LogP contribution in [0.15, 0.2) is 30.3 Å². The number of carbonyl (C=O) groups is 3. The molecule has 29 heavy (non-hydrogen) atoms. The van der Waals surface area contributed by atoms with E-state index in [0.29, 0.717) is 11.4 Å². The normalized spacial score (nSPS) is 18.2. The molecule has 1 atom stereocenters. The molecule has 0 saturated heterocycles. The number of ether oxygens (including phenoxy) is 2. The van der Waals surface area contributed by atoms with Gasteiger partial charge in [-0.25, -0.2) is 0 Å². The first kappa shape index (κ1) is 20.4. The van der Waals surface area contributed by atoms with Gasteiger partial charge in [0, 0.05) is 12.6 Å². The highest BCUT2D eigenvalue weighted by Crippen LogP contribution is 2.29. The van der Waals surface area contributed by atoms with E-state index < -0.39 is 17.4 Å². The molecule has 9 heteroatoms. The fourth-order valence-corrected chi connectivity index (χ4v) is 3.18. The average Bonchev–Trinajstić information content (AvgIpc) is 3.14. The predicted molar refractivity (Wildman–Crippen MR) is 104 cm³/mol. The first-order chi connectivity index (χ1) is 13.8. The molecular weight excluding hydrogens is 376 g/mol. The summed E-state index contributed by atoms with van der Waals surface area (Å²) in [5, 5.41) is 7.07. The van der Waals surface area contributed by atoms with Crippen molar-refractivity contribution in [2.45, 2.75) is 25.9 Å². The average molecular weight is 400 g/mol. The van der Waals surface area contributed by atoms with Crippen molar-refractivity contribution in [3.8, 4) is 17.0 Å². The number of hydrogen-bond donors (Lipinski definition) is 1. The Morgan fingerprint density at radius 3 is 2.59 bits per heavy atom. The van der Waals surface area contributed by atoms with Gasteiger partial charge in [0.05, 0.1) is 26.0 Å². The van der Waals surface area contributed by atoms with Crippen molar-refractivity contribution in [3.63, 3.8) is 0 Å². The van der Waals surface area contributed by atoms with E-state index in [1.165, 1.54) is 9.58 Å². The molecule has 1 N–H and O–H groups in total. The van der Waals surface area contributed by atoms with Gasteiger partial charge in [-0.15, -0.1) is 0 Å². The second-order valence-electron chi connectivity index (χ2n) is 6.93. The van der Waals surface area contributed by atoms with Crippen molar-refractivity contribution >= 4 is 17.8 Å². The maximum absolute atomic E-state index is 12.9. The van der Waals surface area contributed by atoms with Crippen LogP contribution in [0.5, 0.6) is 5.75 Å². The molecule has 0 fully saturated rings. The first-order valence-electron chi connectivity index (χ1n) is 9.24. The third-order valence-corrected chi connectivity index (χ3v) is 5.08. The summed E-state index contributed by atoms with van der Waals surface area (Å²) in [6, 6.07) is 9.04. The summed E-state index contributed by atoms with van der Waals surface area (Å²) in [6.45, 7) is 3.47. The molecule has 0 radical (unpaired) electrons. The van der Waals surface area contributed by atoms with Crippen LogP contribution < -0.4 is 10.1 Å². The number of aromatic nitrogens is 2. The molecule has 154 valence electrons. The molecule has 2 heterocycles. The Labute approximate surface area is 168 Å². The maximum Gasteiger partial charge on any atom is 0.325 e. The molecule has 1 aliphatic rings. The number of benzene rings is 1. The van der Waals surface area contributed by atoms with Crippen LogP contribution in [0, 0.1) is 0 Å². The highest BCUT2D eigenvalue weighted by atomic mass is 16.5. The van der Waals surface area contributed by atoms with Crippen LogP contribution in [-0.4, -0.2) is 65.3 Å². The summed E-state index contributed by atoms with van der Waals surface area (Å²) < 4.78 is 11.5. The van der Waals surface area contributed by atoms with Crippen LogP contribution in [0.2, 0.25) is 0 Å². The van der Waals surface area contributed by atoms with Crippen molar-refractivity contribution in [3.05, 3.63) is 36.0 Å². The van der Waals surface area contributed by atoms with Crippen LogP contribution in [0.3, 0.4) is 0 Å². The van der Waals surface area contributed by atoms with Gasteiger partial charge in [0.25, 0.3) is 5.91 Å². The second-order valence-corrected chi connectivity index (χ2v) is 6.93. The third-order valence-electron chi connectivity index (χ3n) is 5.08. The monoisotopic (exact) mass is 400 g/mol. The molecule has 2 amide bonds. The third kappa shape index (κ3) is 3.80. The van der Waals surface area contributed by atoms with Crippen molar-refractivity contribution in [2.24, 2.45) is 0 Å². The van der Waals surface area contributed by atoms with Gasteiger partial charge in [-0.2, -0.15) is 5.10 Å². The number of nitrogens with one attached hydrogen (secondary N) is 1. The van der Waals surface area contributed by atoms with Crippen LogP contribution in [-0.2, 0) is 20.9 Å². The quantitative estimate of drug-likeness (QED) is 0.728. The lowest BCUT2D eigenvalue weighted by Crippen LogP contribution is -2.63. The number of carbonyl (C=O) groups excluding carboxylic acids is 3. The number of likely N-dealkylation sites (N-methyl/N-ethyl adjacent to an activating group) is 1. The zero-order valence-electron chi connectivity index (χ0n) is 16.9. The highest BCUT2D eigenvalue weighted by molar-refractivity contribution is 6.00. The molecular formula is C20H24N4O5. The zero-order valence-corrected chi connectivity index (χ0v) is 16.9. The molecule has 9 nitrogen and oxygen atoms in total. The fraction of sp³-hybridized carbons (Fsp3) is 0.400. The van der Waals surface area contributed by atoms with Crippen molar-refractivity contribution in [2.75, 3.05) is 27.3 Å². The van der Waals surface area contributed by atoms with Crippen molar-refractivity contribution in [1.29, 1.82) is 0 Å². The van der Waals surface area contributed by atoms with Gasteiger partial charge in [-0.05, 0) is 44.2 Å². The van der Waals surface area contributed by atoms with Gasteiger partial charge in [0.1, 0.15) is 23.5 Å². The van der Waals surface area contributed by atoms with Gasteiger partial charge >= 0.3 is 5.97 Å². The van der Waals surface area contributed by atoms with E-state index in [4.69, 9.17) is 9.47 Å². The molecule has 0 spiro atoms. The first-order valence-corrected chi connectivity index (χ1v) is 9.24. The van der Waals surface area contributed by atoms with Gasteiger partial charge in [-0.3, -0.25) is 19.1 Å². The molecule has 1 aromatic heterocycles. The van der Waals surface area contributed by atoms with Crippen molar-refractivity contribution in [1.82, 2.24) is 20.0 Å². The number of methoxy groups -OCH3 is 1. The lowest BCUT2D eigenvalue weighted by molar-refractivity contribution is -0.144. The molecule has 2 aromatic rings. The van der Waals surface area contributed by atoms with E-state index in [-0.39, 0.29) is 25.6 Å². The summed E-state index contributed by atoms with van der Waals surface area (Å²) in [6.07, 6.45) is 0. The Kier molecular flexibility index (Phi) is 5.58. The zero-order chi connectivity index (χ0) is 21.2. The Morgan fingerprint density at radius 1 is 1.28 bits per heavy atom. The summed E-state index contributed by atoms with van der Waals surface area (Å²) in [5.41, 5.74) is 0.658. The van der Waals surface area contributed by atoms with E-state index >= 15 is 0 Å². The number of fused-ring (bicyclic) bond motifs is 1. The minimum atomic E-state index is -1.19. The Hall–Kier alpha value is -3.36. The van der Waals surface area contributed by atoms with Gasteiger partial charge in [0.15, 0.2) is 0 Å². The topological polar surface area (TPSA) is 103 Å². The summed E-state index contributed by atoms with van der Waals surface area (Å²) in [7, 11) is 3.16. The van der Waals surface area contributed by atoms with Crippen LogP contribution >= 0.6 is 0 Å². The Balaban J connectivity index is 1.84. The van der Waals surface area contributed by atoms with E-state index in [1.54, 1.807) is 34.1 Å². The second kappa shape index (κ2) is 7.94. The molecule has 0 bridgehead atoms. The van der Waals surface area contributed by atoms with Crippen molar-refractivity contribution < 1.29 is 23.9 Å². The molecule has 1 aliphatic heterocycles. The summed E-state index contributed by atoms with van der Waals surface area (Å²) in [5.74, 6) is -0.582. The van der Waals surface area contributed by atoms with Gasteiger partial charge in [0.2, 0.25) is 5.91 Å². The SMILES string of the molecule is CCOC(=O)CNC(=O)C1(C)Cn2nc(-c3ccc(OC)cc3)cc2C(=O)N1C. The van der Waals surface area contributed by atoms with E-state index in [0.717, 1.165) is 11.3 Å². The van der Waals surface area contributed by atoms with E-state index in [2.05, 4.69) is 10.4 Å². The van der Waals surface area contributed by atoms with Crippen LogP contribution in [0.25, 0.3) is 11.3 Å². The lowest BCUT2D eigenvalue weighted by atomic mass is 9.96. The molecule has 1 aromatic carbocycles. The maximum atomic E-state index is 12.9. The van der Waals surface area contributed by atoms with Crippen LogP contribution in [0.1, 0.15) is 24.3 Å². The summed E-state index contributed by atoms with van der Waals surface area (Å²) in [4.78, 5) is 38.6. The number of amides is 2. The number of hydrogen-bond acceptors (Lipinski definition) is 6. The predicted octanol–water partition coefficient (Wildman–Crippen LogP) is 1.08. The lowest BCUT2D eigenvalue weighted by Gasteiger charge is -2.40.